The summed E-state index contributed by atoms with van der Waals surface area (Å²) >= 11 is 0. The fourth-order valence-electron chi connectivity index (χ4n) is 5.26. The van der Waals surface area contributed by atoms with Crippen molar-refractivity contribution in [3.8, 4) is 0 Å². The Kier molecular flexibility index (Phi) is 6.59. The molecule has 2 aromatic rings. The van der Waals surface area contributed by atoms with Crippen molar-refractivity contribution in [2.75, 3.05) is 6.61 Å². The van der Waals surface area contributed by atoms with Crippen LogP contribution in [0.5, 0.6) is 0 Å². The number of esters is 2. The third-order valence-electron chi connectivity index (χ3n) is 6.94. The average molecular weight is 424 g/mol. The Morgan fingerprint density at radius 2 is 1.90 bits per heavy atom. The Labute approximate surface area is 184 Å². The number of rotatable bonds is 5. The normalized spacial score (nSPS) is 23.4. The number of aromatic nitrogens is 1. The molecule has 3 atom stereocenters. The quantitative estimate of drug-likeness (QED) is 0.613. The van der Waals surface area contributed by atoms with E-state index in [9.17, 15) is 9.59 Å². The van der Waals surface area contributed by atoms with Gasteiger partial charge in [-0.3, -0.25) is 4.98 Å². The Morgan fingerprint density at radius 1 is 1.13 bits per heavy atom. The average Bonchev–Trinajstić information content (AvgIpc) is 2.75. The molecule has 0 unspecified atom stereocenters. The lowest BCUT2D eigenvalue weighted by Gasteiger charge is -2.36. The first kappa shape index (κ1) is 21.8. The maximum absolute atomic E-state index is 13.1. The second-order valence-corrected chi connectivity index (χ2v) is 9.57. The number of pyridine rings is 1. The highest BCUT2D eigenvalue weighted by atomic mass is 16.6. The molecule has 2 aliphatic rings. The number of carbonyl (C=O) groups is 2. The maximum Gasteiger partial charge on any atom is 0.344 e. The van der Waals surface area contributed by atoms with Crippen molar-refractivity contribution in [1.29, 1.82) is 0 Å². The van der Waals surface area contributed by atoms with E-state index in [2.05, 4.69) is 20.8 Å². The fourth-order valence-corrected chi connectivity index (χ4v) is 5.26. The van der Waals surface area contributed by atoms with E-state index in [-0.39, 0.29) is 12.7 Å². The molecule has 4 rings (SSSR count). The molecule has 5 heteroatoms. The lowest BCUT2D eigenvalue weighted by molar-refractivity contribution is -0.159. The highest BCUT2D eigenvalue weighted by Crippen LogP contribution is 2.35. The van der Waals surface area contributed by atoms with Gasteiger partial charge in [0.05, 0.1) is 11.1 Å². The molecule has 0 saturated heterocycles. The molecule has 1 fully saturated rings. The first-order chi connectivity index (χ1) is 14.9. The van der Waals surface area contributed by atoms with Crippen LogP contribution in [0.15, 0.2) is 24.3 Å². The largest absolute Gasteiger partial charge is 0.460 e. The summed E-state index contributed by atoms with van der Waals surface area (Å²) in [6.45, 7) is 6.22. The van der Waals surface area contributed by atoms with Gasteiger partial charge < -0.3 is 9.47 Å². The van der Waals surface area contributed by atoms with Crippen LogP contribution < -0.4 is 0 Å². The van der Waals surface area contributed by atoms with Crippen molar-refractivity contribution >= 4 is 22.8 Å². The molecule has 1 saturated carbocycles. The highest BCUT2D eigenvalue weighted by molar-refractivity contribution is 6.05. The number of ether oxygens (including phenoxy) is 2. The summed E-state index contributed by atoms with van der Waals surface area (Å²) in [5.74, 6) is 0.469. The lowest BCUT2D eigenvalue weighted by atomic mass is 9.75. The molecular formula is C26H33NO4. The van der Waals surface area contributed by atoms with Gasteiger partial charge in [-0.05, 0) is 67.9 Å². The first-order valence-electron chi connectivity index (χ1n) is 11.7. The smallest absolute Gasteiger partial charge is 0.344 e. The molecule has 1 aromatic heterocycles. The van der Waals surface area contributed by atoms with Crippen LogP contribution >= 0.6 is 0 Å². The number of hydrogen-bond donors (Lipinski definition) is 0. The lowest BCUT2D eigenvalue weighted by Crippen LogP contribution is -2.36. The van der Waals surface area contributed by atoms with Crippen LogP contribution in [0.2, 0.25) is 0 Å². The van der Waals surface area contributed by atoms with Gasteiger partial charge in [-0.2, -0.15) is 0 Å². The number of para-hydroxylation sites is 1. The van der Waals surface area contributed by atoms with E-state index in [1.807, 2.05) is 24.3 Å². The summed E-state index contributed by atoms with van der Waals surface area (Å²) in [4.78, 5) is 30.4. The topological polar surface area (TPSA) is 65.5 Å². The fraction of sp³-hybridized carbons (Fsp3) is 0.577. The van der Waals surface area contributed by atoms with E-state index in [1.54, 1.807) is 0 Å². The van der Waals surface area contributed by atoms with E-state index in [4.69, 9.17) is 14.5 Å². The molecule has 0 amide bonds. The van der Waals surface area contributed by atoms with Crippen molar-refractivity contribution in [1.82, 2.24) is 4.98 Å². The minimum absolute atomic E-state index is 0.0931. The second kappa shape index (κ2) is 9.37. The predicted octanol–water partition coefficient (Wildman–Crippen LogP) is 5.27. The third-order valence-corrected chi connectivity index (χ3v) is 6.94. The zero-order valence-corrected chi connectivity index (χ0v) is 18.9. The van der Waals surface area contributed by atoms with E-state index < -0.39 is 11.9 Å². The van der Waals surface area contributed by atoms with E-state index in [1.165, 1.54) is 6.42 Å². The Balaban J connectivity index is 1.48. The van der Waals surface area contributed by atoms with Crippen LogP contribution in [0.4, 0.5) is 0 Å². The highest BCUT2D eigenvalue weighted by Gasteiger charge is 2.33. The summed E-state index contributed by atoms with van der Waals surface area (Å²) in [5, 5.41) is 0.794. The second-order valence-electron chi connectivity index (χ2n) is 9.57. The van der Waals surface area contributed by atoms with Crippen LogP contribution in [0.3, 0.4) is 0 Å². The molecule has 1 heterocycles. The number of benzene rings is 1. The summed E-state index contributed by atoms with van der Waals surface area (Å²) in [5.41, 5.74) is 3.33. The van der Waals surface area contributed by atoms with Gasteiger partial charge in [0.15, 0.2) is 6.61 Å². The van der Waals surface area contributed by atoms with E-state index in [0.717, 1.165) is 60.7 Å². The predicted molar refractivity (Wildman–Crippen MR) is 120 cm³/mol. The minimum Gasteiger partial charge on any atom is -0.460 e. The third kappa shape index (κ3) is 4.76. The summed E-state index contributed by atoms with van der Waals surface area (Å²) < 4.78 is 11.3. The van der Waals surface area contributed by atoms with Gasteiger partial charge in [0.1, 0.15) is 6.10 Å². The van der Waals surface area contributed by atoms with Crippen molar-refractivity contribution in [3.05, 3.63) is 41.1 Å². The molecule has 0 aliphatic heterocycles. The monoisotopic (exact) mass is 423 g/mol. The van der Waals surface area contributed by atoms with E-state index in [0.29, 0.717) is 23.3 Å². The Bertz CT molecular complexity index is 967. The van der Waals surface area contributed by atoms with Gasteiger partial charge in [0.25, 0.3) is 0 Å². The molecule has 0 radical (unpaired) electrons. The summed E-state index contributed by atoms with van der Waals surface area (Å²) in [7, 11) is 0. The molecule has 0 spiro atoms. The molecule has 2 aliphatic carbocycles. The van der Waals surface area contributed by atoms with Crippen molar-refractivity contribution in [2.24, 2.45) is 17.8 Å². The zero-order valence-electron chi connectivity index (χ0n) is 18.9. The molecular weight excluding hydrogens is 390 g/mol. The minimum atomic E-state index is -0.453. The Morgan fingerprint density at radius 3 is 2.71 bits per heavy atom. The summed E-state index contributed by atoms with van der Waals surface area (Å²) in [6, 6.07) is 7.66. The number of nitrogens with zero attached hydrogens (tertiary/aromatic N) is 1. The maximum atomic E-state index is 13.1. The van der Waals surface area contributed by atoms with Crippen molar-refractivity contribution in [3.63, 3.8) is 0 Å². The number of aryl methyl sites for hydroxylation is 1. The molecule has 0 N–H and O–H groups in total. The first-order valence-corrected chi connectivity index (χ1v) is 11.7. The molecule has 1 aromatic carbocycles. The van der Waals surface area contributed by atoms with Crippen molar-refractivity contribution < 1.29 is 19.1 Å². The number of carbonyl (C=O) groups excluding carboxylic acids is 2. The molecule has 0 bridgehead atoms. The van der Waals surface area contributed by atoms with Crippen LogP contribution in [0, 0.1) is 17.8 Å². The van der Waals surface area contributed by atoms with Crippen LogP contribution in [0.25, 0.3) is 10.9 Å². The van der Waals surface area contributed by atoms with Gasteiger partial charge in [-0.25, -0.2) is 9.59 Å². The van der Waals surface area contributed by atoms with Gasteiger partial charge in [0.2, 0.25) is 0 Å². The van der Waals surface area contributed by atoms with Gasteiger partial charge in [-0.1, -0.05) is 45.4 Å². The Hall–Kier alpha value is -2.43. The van der Waals surface area contributed by atoms with Gasteiger partial charge >= 0.3 is 11.9 Å². The molecule has 166 valence electrons. The van der Waals surface area contributed by atoms with Crippen molar-refractivity contribution in [2.45, 2.75) is 71.8 Å². The SMILES string of the molecule is CC(C)[C@H]1CC[C@H](C)C[C@H]1OC(=O)COC(=O)c1c2c(nc3ccccc13)CCCC2. The zero-order chi connectivity index (χ0) is 22.0. The molecule has 5 nitrogen and oxygen atoms in total. The number of fused-ring (bicyclic) bond motifs is 2. The van der Waals surface area contributed by atoms with Gasteiger partial charge in [0, 0.05) is 11.1 Å². The van der Waals surface area contributed by atoms with Crippen LogP contribution in [-0.2, 0) is 27.1 Å². The molecule has 31 heavy (non-hydrogen) atoms. The van der Waals surface area contributed by atoms with E-state index >= 15 is 0 Å². The number of hydrogen-bond acceptors (Lipinski definition) is 5. The van der Waals surface area contributed by atoms with Crippen LogP contribution in [-0.4, -0.2) is 29.6 Å². The van der Waals surface area contributed by atoms with Gasteiger partial charge in [-0.15, -0.1) is 0 Å². The van der Waals surface area contributed by atoms with Crippen LogP contribution in [0.1, 0.15) is 74.5 Å². The summed E-state index contributed by atoms with van der Waals surface area (Å²) in [6.07, 6.45) is 6.84. The standard InChI is InChI=1S/C26H33NO4/c1-16(2)18-13-12-17(3)14-23(18)31-24(28)15-30-26(29)25-19-8-4-6-10-21(19)27-22-11-7-5-9-20(22)25/h4,6,8,10,16-18,23H,5,7,9,11-15H2,1-3H3/t17-,18+,23+/m0/s1.